The first-order valence-corrected chi connectivity index (χ1v) is 15.8. The first-order chi connectivity index (χ1) is 21.7. The molecule has 0 heterocycles. The van der Waals surface area contributed by atoms with E-state index in [4.69, 9.17) is 14.3 Å². The van der Waals surface area contributed by atoms with Gasteiger partial charge in [0.05, 0.1) is 7.11 Å². The summed E-state index contributed by atoms with van der Waals surface area (Å²) in [5, 5.41) is 16.1. The molecule has 0 aliphatic carbocycles. The predicted molar refractivity (Wildman–Crippen MR) is 175 cm³/mol. The SMILES string of the molecule is CON(C)C(=O)COC(C(=O)O)C(OCCCCCc1ccc(C)c(C)c1)C(=O)NCCCCCc1ccc2ccccc2c1. The van der Waals surface area contributed by atoms with Crippen molar-refractivity contribution in [1.82, 2.24) is 10.4 Å². The van der Waals surface area contributed by atoms with Crippen LogP contribution in [0.25, 0.3) is 10.8 Å². The summed E-state index contributed by atoms with van der Waals surface area (Å²) in [6.07, 6.45) is 3.87. The van der Waals surface area contributed by atoms with Crippen LogP contribution in [0.1, 0.15) is 60.8 Å². The molecule has 0 spiro atoms. The Morgan fingerprint density at radius 3 is 2.13 bits per heavy atom. The third kappa shape index (κ3) is 11.9. The highest BCUT2D eigenvalue weighted by molar-refractivity contribution is 5.88. The minimum atomic E-state index is -1.65. The number of rotatable bonds is 20. The van der Waals surface area contributed by atoms with Crippen molar-refractivity contribution >= 4 is 28.6 Å². The Labute approximate surface area is 266 Å². The molecule has 2 amide bonds. The van der Waals surface area contributed by atoms with Crippen LogP contribution in [0.15, 0.2) is 60.7 Å². The highest BCUT2D eigenvalue weighted by Gasteiger charge is 2.36. The Balaban J connectivity index is 1.48. The summed E-state index contributed by atoms with van der Waals surface area (Å²) in [5.41, 5.74) is 5.08. The van der Waals surface area contributed by atoms with E-state index in [9.17, 15) is 19.5 Å². The second kappa shape index (κ2) is 18.9. The molecule has 9 nitrogen and oxygen atoms in total. The van der Waals surface area contributed by atoms with Crippen molar-refractivity contribution in [1.29, 1.82) is 0 Å². The first kappa shape index (κ1) is 35.7. The molecule has 2 unspecified atom stereocenters. The van der Waals surface area contributed by atoms with Gasteiger partial charge in [-0.25, -0.2) is 9.86 Å². The molecule has 9 heteroatoms. The van der Waals surface area contributed by atoms with Gasteiger partial charge < -0.3 is 19.9 Å². The molecule has 0 aliphatic rings. The molecule has 3 rings (SSSR count). The van der Waals surface area contributed by atoms with Gasteiger partial charge >= 0.3 is 5.97 Å². The van der Waals surface area contributed by atoms with Gasteiger partial charge in [-0.15, -0.1) is 0 Å². The van der Waals surface area contributed by atoms with Crippen LogP contribution in [0.2, 0.25) is 0 Å². The fourth-order valence-electron chi connectivity index (χ4n) is 5.06. The van der Waals surface area contributed by atoms with E-state index in [1.165, 1.54) is 47.2 Å². The quantitative estimate of drug-likeness (QED) is 0.125. The van der Waals surface area contributed by atoms with E-state index in [0.717, 1.165) is 50.0 Å². The van der Waals surface area contributed by atoms with Gasteiger partial charge in [0.15, 0.2) is 12.2 Å². The van der Waals surface area contributed by atoms with E-state index in [1.54, 1.807) is 0 Å². The molecule has 0 fully saturated rings. The number of hydrogen-bond donors (Lipinski definition) is 2. The number of aliphatic carboxylic acids is 1. The van der Waals surface area contributed by atoms with Crippen molar-refractivity contribution in [2.75, 3.05) is 33.9 Å². The molecule has 3 aromatic carbocycles. The van der Waals surface area contributed by atoms with Crippen LogP contribution in [-0.2, 0) is 41.5 Å². The van der Waals surface area contributed by atoms with Crippen LogP contribution >= 0.6 is 0 Å². The number of hydroxylamine groups is 2. The van der Waals surface area contributed by atoms with E-state index in [2.05, 4.69) is 67.7 Å². The van der Waals surface area contributed by atoms with Crippen molar-refractivity contribution < 1.29 is 33.8 Å². The van der Waals surface area contributed by atoms with Crippen molar-refractivity contribution in [2.24, 2.45) is 0 Å². The molecule has 0 saturated carbocycles. The Morgan fingerprint density at radius 2 is 1.44 bits per heavy atom. The smallest absolute Gasteiger partial charge is 0.336 e. The van der Waals surface area contributed by atoms with Crippen LogP contribution in [0, 0.1) is 13.8 Å². The average molecular weight is 621 g/mol. The lowest BCUT2D eigenvalue weighted by atomic mass is 10.0. The lowest BCUT2D eigenvalue weighted by Gasteiger charge is -2.24. The zero-order chi connectivity index (χ0) is 32.6. The largest absolute Gasteiger partial charge is 0.479 e. The molecule has 0 aliphatic heterocycles. The van der Waals surface area contributed by atoms with Gasteiger partial charge in [-0.1, -0.05) is 73.5 Å². The third-order valence-corrected chi connectivity index (χ3v) is 8.02. The standard InChI is InChI=1S/C36H48N2O7/c1-26-17-18-28(23-27(26)2)13-8-6-12-22-44-33(34(36(41)42)45-25-32(39)38(3)43-4)35(40)37-21-11-5-7-14-29-19-20-30-15-9-10-16-31(30)24-29/h9-10,15-20,23-24,33-34H,5-8,11-14,21-22,25H2,1-4H3,(H,37,40)(H,41,42). The Morgan fingerprint density at radius 1 is 0.778 bits per heavy atom. The minimum Gasteiger partial charge on any atom is -0.479 e. The molecule has 0 radical (unpaired) electrons. The fourth-order valence-corrected chi connectivity index (χ4v) is 5.06. The molecule has 45 heavy (non-hydrogen) atoms. The number of ether oxygens (including phenoxy) is 2. The number of carbonyl (C=O) groups excluding carboxylic acids is 2. The lowest BCUT2D eigenvalue weighted by Crippen LogP contribution is -2.50. The van der Waals surface area contributed by atoms with Gasteiger partial charge in [-0.3, -0.25) is 14.4 Å². The Hall–Kier alpha value is -3.79. The number of hydrogen-bond acceptors (Lipinski definition) is 6. The summed E-state index contributed by atoms with van der Waals surface area (Å²) >= 11 is 0. The topological polar surface area (TPSA) is 114 Å². The van der Waals surface area contributed by atoms with Gasteiger partial charge in [0.2, 0.25) is 0 Å². The number of amides is 2. The van der Waals surface area contributed by atoms with Gasteiger partial charge in [0.25, 0.3) is 11.8 Å². The number of likely N-dealkylation sites (N-methyl/N-ethyl adjacent to an activating group) is 1. The highest BCUT2D eigenvalue weighted by atomic mass is 16.7. The molecular weight excluding hydrogens is 572 g/mol. The molecule has 3 aromatic rings. The predicted octanol–water partition coefficient (Wildman–Crippen LogP) is 5.57. The number of carboxylic acid groups (broad SMARTS) is 1. The third-order valence-electron chi connectivity index (χ3n) is 8.02. The molecular formula is C36H48N2O7. The number of carboxylic acids is 1. The second-order valence-corrected chi connectivity index (χ2v) is 11.4. The average Bonchev–Trinajstić information content (AvgIpc) is 3.04. The zero-order valence-corrected chi connectivity index (χ0v) is 27.1. The van der Waals surface area contributed by atoms with Crippen molar-refractivity contribution in [3.63, 3.8) is 0 Å². The van der Waals surface area contributed by atoms with Crippen LogP contribution < -0.4 is 5.32 Å². The summed E-state index contributed by atoms with van der Waals surface area (Å²) in [5.74, 6) is -2.53. The van der Waals surface area contributed by atoms with E-state index in [0.29, 0.717) is 13.0 Å². The van der Waals surface area contributed by atoms with Crippen molar-refractivity contribution in [2.45, 2.75) is 77.4 Å². The van der Waals surface area contributed by atoms with Crippen LogP contribution in [0.5, 0.6) is 0 Å². The van der Waals surface area contributed by atoms with Gasteiger partial charge in [-0.2, -0.15) is 0 Å². The number of unbranched alkanes of at least 4 members (excludes halogenated alkanes) is 4. The molecule has 0 bridgehead atoms. The number of carbonyl (C=O) groups is 3. The maximum absolute atomic E-state index is 13.2. The maximum Gasteiger partial charge on any atom is 0.336 e. The van der Waals surface area contributed by atoms with E-state index >= 15 is 0 Å². The number of fused-ring (bicyclic) bond motifs is 1. The van der Waals surface area contributed by atoms with Gasteiger partial charge in [0.1, 0.15) is 6.61 Å². The molecule has 2 N–H and O–H groups in total. The molecule has 2 atom stereocenters. The lowest BCUT2D eigenvalue weighted by molar-refractivity contribution is -0.184. The molecule has 244 valence electrons. The highest BCUT2D eigenvalue weighted by Crippen LogP contribution is 2.18. The first-order valence-electron chi connectivity index (χ1n) is 15.8. The van der Waals surface area contributed by atoms with Crippen LogP contribution in [0.4, 0.5) is 0 Å². The van der Waals surface area contributed by atoms with E-state index in [-0.39, 0.29) is 6.61 Å². The number of aryl methyl sites for hydroxylation is 4. The zero-order valence-electron chi connectivity index (χ0n) is 27.1. The number of nitrogens with one attached hydrogen (secondary N) is 1. The summed E-state index contributed by atoms with van der Waals surface area (Å²) in [6, 6.07) is 21.2. The van der Waals surface area contributed by atoms with E-state index < -0.39 is 36.6 Å². The van der Waals surface area contributed by atoms with Crippen molar-refractivity contribution in [3.8, 4) is 0 Å². The van der Waals surface area contributed by atoms with Gasteiger partial charge in [0, 0.05) is 20.2 Å². The van der Waals surface area contributed by atoms with Crippen LogP contribution in [-0.4, -0.2) is 74.1 Å². The summed E-state index contributed by atoms with van der Waals surface area (Å²) in [7, 11) is 2.70. The van der Waals surface area contributed by atoms with Crippen LogP contribution in [0.3, 0.4) is 0 Å². The minimum absolute atomic E-state index is 0.190. The Kier molecular flexibility index (Phi) is 15.0. The number of nitrogens with zero attached hydrogens (tertiary/aromatic N) is 1. The monoisotopic (exact) mass is 620 g/mol. The van der Waals surface area contributed by atoms with Gasteiger partial charge in [-0.05, 0) is 85.4 Å². The van der Waals surface area contributed by atoms with E-state index in [1.807, 2.05) is 12.1 Å². The number of benzene rings is 3. The maximum atomic E-state index is 13.2. The summed E-state index contributed by atoms with van der Waals surface area (Å²) < 4.78 is 11.2. The fraction of sp³-hybridized carbons (Fsp3) is 0.472. The second-order valence-electron chi connectivity index (χ2n) is 11.4. The molecule has 0 aromatic heterocycles. The Bertz CT molecular complexity index is 1390. The summed E-state index contributed by atoms with van der Waals surface area (Å²) in [4.78, 5) is 42.3. The van der Waals surface area contributed by atoms with Crippen molar-refractivity contribution in [3.05, 3.63) is 82.9 Å². The summed E-state index contributed by atoms with van der Waals surface area (Å²) in [6.45, 7) is 4.20. The normalized spacial score (nSPS) is 12.5. The molecule has 0 saturated heterocycles.